The van der Waals surface area contributed by atoms with Crippen LogP contribution in [-0.2, 0) is 11.2 Å². The molecule has 2 aromatic heterocycles. The molecule has 1 fully saturated rings. The van der Waals surface area contributed by atoms with Crippen molar-refractivity contribution >= 4 is 16.9 Å². The fourth-order valence-electron chi connectivity index (χ4n) is 3.62. The summed E-state index contributed by atoms with van der Waals surface area (Å²) in [4.78, 5) is 8.55. The Morgan fingerprint density at radius 1 is 1.08 bits per heavy atom. The molecule has 4 rings (SSSR count). The molecule has 26 heavy (non-hydrogen) atoms. The van der Waals surface area contributed by atoms with Crippen LogP contribution in [0.5, 0.6) is 0 Å². The average molecular weight is 351 g/mol. The summed E-state index contributed by atoms with van der Waals surface area (Å²) in [5, 5.41) is 11.4. The monoisotopic (exact) mass is 351 g/mol. The fraction of sp³-hybridized carbons (Fsp3) is 0.450. The topological polar surface area (TPSA) is 75.7 Å². The number of nitrogens with zero attached hydrogens (tertiary/aromatic N) is 3. The number of hydrogen-bond donors (Lipinski definition) is 2. The molecule has 3 aromatic rings. The molecule has 6 nitrogen and oxygen atoms in total. The van der Waals surface area contributed by atoms with E-state index in [1.165, 1.54) is 5.56 Å². The third-order valence-electron chi connectivity index (χ3n) is 5.07. The van der Waals surface area contributed by atoms with Gasteiger partial charge in [0.05, 0.1) is 17.7 Å². The van der Waals surface area contributed by atoms with Crippen LogP contribution in [-0.4, -0.2) is 38.9 Å². The third kappa shape index (κ3) is 4.19. The predicted octanol–water partition coefficient (Wildman–Crippen LogP) is 3.73. The van der Waals surface area contributed by atoms with Crippen molar-refractivity contribution in [2.75, 3.05) is 11.9 Å². The van der Waals surface area contributed by atoms with Gasteiger partial charge in [-0.3, -0.25) is 5.10 Å². The molecule has 0 aliphatic heterocycles. The Labute approximate surface area is 153 Å². The lowest BCUT2D eigenvalue weighted by Crippen LogP contribution is -2.30. The minimum Gasteiger partial charge on any atom is -0.378 e. The minimum atomic E-state index is 0.392. The summed E-state index contributed by atoms with van der Waals surface area (Å²) in [5.74, 6) is 0.871. The quantitative estimate of drug-likeness (QED) is 0.635. The van der Waals surface area contributed by atoms with Crippen LogP contribution in [0.1, 0.15) is 37.7 Å². The number of aromatic amines is 1. The van der Waals surface area contributed by atoms with E-state index in [0.29, 0.717) is 12.1 Å². The molecule has 1 aromatic carbocycles. The Morgan fingerprint density at radius 3 is 2.77 bits per heavy atom. The maximum absolute atomic E-state index is 6.09. The maximum Gasteiger partial charge on any atom is 0.160 e. The van der Waals surface area contributed by atoms with Crippen LogP contribution in [0, 0.1) is 0 Å². The van der Waals surface area contributed by atoms with Gasteiger partial charge < -0.3 is 10.1 Å². The van der Waals surface area contributed by atoms with Gasteiger partial charge in [0.25, 0.3) is 0 Å². The first-order valence-electron chi connectivity index (χ1n) is 9.44. The molecule has 0 spiro atoms. The summed E-state index contributed by atoms with van der Waals surface area (Å²) in [6, 6.07) is 11.1. The predicted molar refractivity (Wildman–Crippen MR) is 102 cm³/mol. The first-order chi connectivity index (χ1) is 12.9. The third-order valence-corrected chi connectivity index (χ3v) is 5.07. The van der Waals surface area contributed by atoms with Crippen molar-refractivity contribution in [3.8, 4) is 0 Å². The Bertz CT molecular complexity index is 811. The molecule has 0 unspecified atom stereocenters. The summed E-state index contributed by atoms with van der Waals surface area (Å²) < 4.78 is 6.09. The number of aryl methyl sites for hydroxylation is 1. The summed E-state index contributed by atoms with van der Waals surface area (Å²) >= 11 is 0. The van der Waals surface area contributed by atoms with Crippen molar-refractivity contribution in [1.82, 2.24) is 20.2 Å². The molecule has 1 aliphatic carbocycles. The van der Waals surface area contributed by atoms with Gasteiger partial charge in [-0.25, -0.2) is 9.97 Å². The normalized spacial score (nSPS) is 20.3. The van der Waals surface area contributed by atoms with E-state index in [9.17, 15) is 0 Å². The average Bonchev–Trinajstić information content (AvgIpc) is 3.17. The molecule has 6 heteroatoms. The Kier molecular flexibility index (Phi) is 5.40. The number of H-pyrrole nitrogens is 1. The summed E-state index contributed by atoms with van der Waals surface area (Å²) in [5.41, 5.74) is 2.16. The molecule has 2 heterocycles. The largest absolute Gasteiger partial charge is 0.378 e. The van der Waals surface area contributed by atoms with Crippen LogP contribution in [0.3, 0.4) is 0 Å². The highest BCUT2D eigenvalue weighted by Crippen LogP contribution is 2.26. The summed E-state index contributed by atoms with van der Waals surface area (Å²) in [6.07, 6.45) is 10.3. The lowest BCUT2D eigenvalue weighted by atomic mass is 9.93. The number of anilines is 1. The van der Waals surface area contributed by atoms with Crippen molar-refractivity contribution in [3.63, 3.8) is 0 Å². The molecule has 1 saturated carbocycles. The van der Waals surface area contributed by atoms with Gasteiger partial charge in [-0.15, -0.1) is 0 Å². The van der Waals surface area contributed by atoms with E-state index >= 15 is 0 Å². The Hall–Kier alpha value is -2.47. The highest BCUT2D eigenvalue weighted by Gasteiger charge is 2.22. The van der Waals surface area contributed by atoms with Crippen molar-refractivity contribution in [2.24, 2.45) is 0 Å². The molecule has 1 aliphatic rings. The molecular formula is C20H25N5O. The van der Waals surface area contributed by atoms with Gasteiger partial charge in [-0.2, -0.15) is 5.10 Å². The van der Waals surface area contributed by atoms with Crippen LogP contribution in [0.15, 0.2) is 42.9 Å². The van der Waals surface area contributed by atoms with Gasteiger partial charge in [0, 0.05) is 12.6 Å². The van der Waals surface area contributed by atoms with Gasteiger partial charge in [0.15, 0.2) is 5.65 Å². The van der Waals surface area contributed by atoms with Gasteiger partial charge >= 0.3 is 0 Å². The second kappa shape index (κ2) is 8.27. The van der Waals surface area contributed by atoms with Gasteiger partial charge in [0.1, 0.15) is 12.1 Å². The Balaban J connectivity index is 1.19. The SMILES string of the molecule is c1ccc(CCCO[C@H]2CC[C@@H](Nc3ncnc4[nH]ncc34)CC2)cc1. The zero-order valence-electron chi connectivity index (χ0n) is 14.9. The first kappa shape index (κ1) is 17.0. The number of nitrogens with one attached hydrogen (secondary N) is 2. The summed E-state index contributed by atoms with van der Waals surface area (Å²) in [6.45, 7) is 0.846. The first-order valence-corrected chi connectivity index (χ1v) is 9.44. The van der Waals surface area contributed by atoms with E-state index in [1.807, 2.05) is 0 Å². The van der Waals surface area contributed by atoms with E-state index in [4.69, 9.17) is 4.74 Å². The second-order valence-corrected chi connectivity index (χ2v) is 6.93. The lowest BCUT2D eigenvalue weighted by molar-refractivity contribution is 0.0253. The fourth-order valence-corrected chi connectivity index (χ4v) is 3.62. The number of fused-ring (bicyclic) bond motifs is 1. The molecule has 0 atom stereocenters. The second-order valence-electron chi connectivity index (χ2n) is 6.93. The van der Waals surface area contributed by atoms with Gasteiger partial charge in [-0.05, 0) is 44.1 Å². The molecule has 2 N–H and O–H groups in total. The molecule has 0 saturated heterocycles. The van der Waals surface area contributed by atoms with Crippen LogP contribution < -0.4 is 5.32 Å². The lowest BCUT2D eigenvalue weighted by Gasteiger charge is -2.29. The number of benzene rings is 1. The van der Waals surface area contributed by atoms with E-state index in [-0.39, 0.29) is 0 Å². The number of hydrogen-bond acceptors (Lipinski definition) is 5. The van der Waals surface area contributed by atoms with Crippen LogP contribution in [0.4, 0.5) is 5.82 Å². The molecule has 0 amide bonds. The van der Waals surface area contributed by atoms with E-state index in [1.54, 1.807) is 12.5 Å². The van der Waals surface area contributed by atoms with Crippen LogP contribution >= 0.6 is 0 Å². The smallest absolute Gasteiger partial charge is 0.160 e. The molecule has 0 bridgehead atoms. The van der Waals surface area contributed by atoms with E-state index in [2.05, 4.69) is 55.8 Å². The minimum absolute atomic E-state index is 0.392. The maximum atomic E-state index is 6.09. The summed E-state index contributed by atoms with van der Waals surface area (Å²) in [7, 11) is 0. The number of rotatable bonds is 7. The van der Waals surface area contributed by atoms with Crippen LogP contribution in [0.2, 0.25) is 0 Å². The molecule has 136 valence electrons. The van der Waals surface area contributed by atoms with Crippen molar-refractivity contribution in [1.29, 1.82) is 0 Å². The number of ether oxygens (including phenoxy) is 1. The standard InChI is InChI=1S/C20H25N5O/c1-2-5-15(6-3-1)7-4-12-26-17-10-8-16(9-11-17)24-19-18-13-23-25-20(18)22-14-21-19/h1-3,5-6,13-14,16-17H,4,7-12H2,(H2,21,22,23,24,25)/t16-,17+. The molecule has 0 radical (unpaired) electrons. The highest BCUT2D eigenvalue weighted by molar-refractivity contribution is 5.85. The molecular weight excluding hydrogens is 326 g/mol. The van der Waals surface area contributed by atoms with Crippen molar-refractivity contribution < 1.29 is 4.74 Å². The zero-order valence-corrected chi connectivity index (χ0v) is 14.9. The highest BCUT2D eigenvalue weighted by atomic mass is 16.5. The van der Waals surface area contributed by atoms with Crippen molar-refractivity contribution in [3.05, 3.63) is 48.4 Å². The van der Waals surface area contributed by atoms with E-state index in [0.717, 1.165) is 62.0 Å². The van der Waals surface area contributed by atoms with Gasteiger partial charge in [0.2, 0.25) is 0 Å². The zero-order chi connectivity index (χ0) is 17.6. The Morgan fingerprint density at radius 2 is 1.92 bits per heavy atom. The van der Waals surface area contributed by atoms with Crippen LogP contribution in [0.25, 0.3) is 11.0 Å². The van der Waals surface area contributed by atoms with Gasteiger partial charge in [-0.1, -0.05) is 30.3 Å². The number of aromatic nitrogens is 4. The van der Waals surface area contributed by atoms with E-state index < -0.39 is 0 Å². The van der Waals surface area contributed by atoms with Crippen molar-refractivity contribution in [2.45, 2.75) is 50.7 Å².